The summed E-state index contributed by atoms with van der Waals surface area (Å²) in [5.74, 6) is 6.63. The van der Waals surface area contributed by atoms with Crippen LogP contribution >= 0.6 is 23.1 Å². The largest absolute Gasteiger partial charge is 0.355 e. The van der Waals surface area contributed by atoms with Crippen LogP contribution < -0.4 is 11.2 Å². The van der Waals surface area contributed by atoms with Gasteiger partial charge in [-0.05, 0) is 30.4 Å². The van der Waals surface area contributed by atoms with E-state index in [2.05, 4.69) is 15.5 Å². The highest BCUT2D eigenvalue weighted by molar-refractivity contribution is 8.00. The number of nitrogens with zero attached hydrogens (tertiary/aromatic N) is 3. The van der Waals surface area contributed by atoms with E-state index in [1.54, 1.807) is 11.3 Å². The van der Waals surface area contributed by atoms with Crippen molar-refractivity contribution in [2.45, 2.75) is 23.8 Å². The summed E-state index contributed by atoms with van der Waals surface area (Å²) < 4.78 is 1.43. The molecule has 0 spiro atoms. The number of hydrogen-bond acceptors (Lipinski definition) is 6. The van der Waals surface area contributed by atoms with Gasteiger partial charge in [-0.25, -0.2) is 4.68 Å². The van der Waals surface area contributed by atoms with Gasteiger partial charge in [0.15, 0.2) is 5.82 Å². The Morgan fingerprint density at radius 3 is 2.80 bits per heavy atom. The third kappa shape index (κ3) is 4.40. The summed E-state index contributed by atoms with van der Waals surface area (Å²) in [6.45, 7) is 2.44. The van der Waals surface area contributed by atoms with E-state index in [9.17, 15) is 4.79 Å². The van der Waals surface area contributed by atoms with E-state index in [-0.39, 0.29) is 11.2 Å². The Balaban J connectivity index is 1.53. The smallest absolute Gasteiger partial charge is 0.233 e. The Morgan fingerprint density at radius 2 is 2.08 bits per heavy atom. The Labute approximate surface area is 154 Å². The fourth-order valence-corrected chi connectivity index (χ4v) is 3.76. The van der Waals surface area contributed by atoms with Gasteiger partial charge in [0.25, 0.3) is 0 Å². The fraction of sp³-hybridized carbons (Fsp3) is 0.235. The van der Waals surface area contributed by atoms with Crippen molar-refractivity contribution in [1.82, 2.24) is 20.2 Å². The van der Waals surface area contributed by atoms with Crippen molar-refractivity contribution < 1.29 is 4.79 Å². The number of nitrogen functional groups attached to an aromatic ring is 1. The number of aromatic nitrogens is 3. The summed E-state index contributed by atoms with van der Waals surface area (Å²) in [6, 6.07) is 13.9. The molecule has 0 saturated heterocycles. The molecule has 1 unspecified atom stereocenters. The molecule has 0 aliphatic rings. The molecule has 0 saturated carbocycles. The van der Waals surface area contributed by atoms with Crippen LogP contribution in [0.2, 0.25) is 0 Å². The molecule has 0 aliphatic heterocycles. The van der Waals surface area contributed by atoms with E-state index in [0.29, 0.717) is 17.5 Å². The van der Waals surface area contributed by atoms with Crippen LogP contribution in [-0.2, 0) is 11.2 Å². The maximum Gasteiger partial charge on any atom is 0.233 e. The normalized spacial score (nSPS) is 12.0. The van der Waals surface area contributed by atoms with Gasteiger partial charge in [0, 0.05) is 6.54 Å². The lowest BCUT2D eigenvalue weighted by molar-refractivity contribution is -0.120. The number of rotatable bonds is 7. The number of nitrogens with one attached hydrogen (secondary N) is 1. The topological polar surface area (TPSA) is 85.8 Å². The van der Waals surface area contributed by atoms with E-state index in [0.717, 1.165) is 11.3 Å². The quantitative estimate of drug-likeness (QED) is 0.491. The van der Waals surface area contributed by atoms with Crippen molar-refractivity contribution in [3.05, 3.63) is 53.4 Å². The number of carbonyl (C=O) groups is 1. The molecule has 130 valence electrons. The van der Waals surface area contributed by atoms with Crippen molar-refractivity contribution in [1.29, 1.82) is 0 Å². The van der Waals surface area contributed by atoms with Crippen LogP contribution in [0.1, 0.15) is 12.5 Å². The standard InChI is InChI=1S/C17H19N5OS2/c1-12(16(23)19-10-9-13-6-3-2-4-7-13)25-17-21-20-15(22(17)18)14-8-5-11-24-14/h2-8,11-12H,9-10,18H2,1H3,(H,19,23). The van der Waals surface area contributed by atoms with Gasteiger partial charge in [0.05, 0.1) is 10.1 Å². The maximum absolute atomic E-state index is 12.3. The lowest BCUT2D eigenvalue weighted by Gasteiger charge is -2.11. The number of thiophene rings is 1. The summed E-state index contributed by atoms with van der Waals surface area (Å²) in [6.07, 6.45) is 0.805. The number of hydrogen-bond donors (Lipinski definition) is 2. The molecule has 8 heteroatoms. The molecule has 2 heterocycles. The molecular weight excluding hydrogens is 354 g/mol. The number of nitrogens with two attached hydrogens (primary N) is 1. The van der Waals surface area contributed by atoms with Gasteiger partial charge in [-0.3, -0.25) is 4.79 Å². The minimum atomic E-state index is -0.307. The fourth-order valence-electron chi connectivity index (χ4n) is 2.26. The van der Waals surface area contributed by atoms with Crippen molar-refractivity contribution >= 4 is 29.0 Å². The monoisotopic (exact) mass is 373 g/mol. The predicted molar refractivity (Wildman–Crippen MR) is 102 cm³/mol. The van der Waals surface area contributed by atoms with Crippen LogP contribution in [0.3, 0.4) is 0 Å². The average Bonchev–Trinajstić information content (AvgIpc) is 3.26. The highest BCUT2D eigenvalue weighted by atomic mass is 32.2. The Bertz CT molecular complexity index is 817. The molecule has 0 radical (unpaired) electrons. The molecule has 1 amide bonds. The van der Waals surface area contributed by atoms with Gasteiger partial charge in [0.2, 0.25) is 11.1 Å². The molecule has 0 fully saturated rings. The van der Waals surface area contributed by atoms with Gasteiger partial charge in [-0.15, -0.1) is 21.5 Å². The third-order valence-electron chi connectivity index (χ3n) is 3.61. The summed E-state index contributed by atoms with van der Waals surface area (Å²) in [4.78, 5) is 13.2. The minimum absolute atomic E-state index is 0.0402. The lowest BCUT2D eigenvalue weighted by Crippen LogP contribution is -2.32. The summed E-state index contributed by atoms with van der Waals surface area (Å²) in [7, 11) is 0. The van der Waals surface area contributed by atoms with Gasteiger partial charge >= 0.3 is 0 Å². The molecule has 3 rings (SSSR count). The van der Waals surface area contributed by atoms with E-state index in [1.165, 1.54) is 22.0 Å². The minimum Gasteiger partial charge on any atom is -0.355 e. The predicted octanol–water partition coefficient (Wildman–Crippen LogP) is 2.56. The van der Waals surface area contributed by atoms with Gasteiger partial charge in [-0.2, -0.15) is 0 Å². The highest BCUT2D eigenvalue weighted by Crippen LogP contribution is 2.27. The van der Waals surface area contributed by atoms with E-state index < -0.39 is 0 Å². The van der Waals surface area contributed by atoms with Crippen LogP contribution in [0.5, 0.6) is 0 Å². The zero-order chi connectivity index (χ0) is 17.6. The first-order valence-corrected chi connectivity index (χ1v) is 9.63. The molecule has 2 aromatic heterocycles. The van der Waals surface area contributed by atoms with Crippen molar-refractivity contribution in [3.63, 3.8) is 0 Å². The van der Waals surface area contributed by atoms with Gasteiger partial charge in [-0.1, -0.05) is 48.2 Å². The number of thioether (sulfide) groups is 1. The first-order valence-electron chi connectivity index (χ1n) is 7.88. The Hall–Kier alpha value is -2.32. The summed E-state index contributed by atoms with van der Waals surface area (Å²) >= 11 is 2.85. The zero-order valence-electron chi connectivity index (χ0n) is 13.8. The maximum atomic E-state index is 12.3. The second-order valence-electron chi connectivity index (χ2n) is 5.44. The summed E-state index contributed by atoms with van der Waals surface area (Å²) in [5.41, 5.74) is 1.20. The summed E-state index contributed by atoms with van der Waals surface area (Å²) in [5, 5.41) is 13.3. The van der Waals surface area contributed by atoms with Crippen LogP contribution in [0.15, 0.2) is 53.0 Å². The van der Waals surface area contributed by atoms with Crippen LogP contribution in [-0.4, -0.2) is 32.6 Å². The van der Waals surface area contributed by atoms with Crippen molar-refractivity contribution in [2.75, 3.05) is 12.4 Å². The highest BCUT2D eigenvalue weighted by Gasteiger charge is 2.19. The van der Waals surface area contributed by atoms with Crippen LogP contribution in [0, 0.1) is 0 Å². The van der Waals surface area contributed by atoms with Gasteiger partial charge < -0.3 is 11.2 Å². The zero-order valence-corrected chi connectivity index (χ0v) is 15.4. The molecule has 1 atom stereocenters. The first-order chi connectivity index (χ1) is 12.1. The second kappa shape index (κ2) is 8.17. The number of benzene rings is 1. The average molecular weight is 374 g/mol. The van der Waals surface area contributed by atoms with Gasteiger partial charge in [0.1, 0.15) is 0 Å². The first kappa shape index (κ1) is 17.5. The van der Waals surface area contributed by atoms with Crippen molar-refractivity contribution in [3.8, 4) is 10.7 Å². The lowest BCUT2D eigenvalue weighted by atomic mass is 10.1. The van der Waals surface area contributed by atoms with E-state index in [4.69, 9.17) is 5.84 Å². The molecular formula is C17H19N5OS2. The third-order valence-corrected chi connectivity index (χ3v) is 5.54. The van der Waals surface area contributed by atoms with Crippen LogP contribution in [0.4, 0.5) is 0 Å². The van der Waals surface area contributed by atoms with E-state index >= 15 is 0 Å². The Morgan fingerprint density at radius 1 is 1.28 bits per heavy atom. The second-order valence-corrected chi connectivity index (χ2v) is 7.70. The number of amides is 1. The molecule has 1 aromatic carbocycles. The number of carbonyl (C=O) groups excluding carboxylic acids is 1. The molecule has 0 aliphatic carbocycles. The van der Waals surface area contributed by atoms with Crippen LogP contribution in [0.25, 0.3) is 10.7 Å². The Kier molecular flexibility index (Phi) is 5.72. The molecule has 3 N–H and O–H groups in total. The van der Waals surface area contributed by atoms with Crippen molar-refractivity contribution in [2.24, 2.45) is 0 Å². The molecule has 0 bridgehead atoms. The SMILES string of the molecule is CC(Sc1nnc(-c2cccs2)n1N)C(=O)NCCc1ccccc1. The molecule has 6 nitrogen and oxygen atoms in total. The molecule has 3 aromatic rings. The molecule has 25 heavy (non-hydrogen) atoms. The van der Waals surface area contributed by atoms with E-state index in [1.807, 2.05) is 54.8 Å².